The first kappa shape index (κ1) is 20.1. The van der Waals surface area contributed by atoms with Crippen LogP contribution >= 0.6 is 0 Å². The van der Waals surface area contributed by atoms with Crippen LogP contribution < -0.4 is 11.1 Å². The highest BCUT2D eigenvalue weighted by molar-refractivity contribution is 6.10. The van der Waals surface area contributed by atoms with Crippen molar-refractivity contribution in [3.8, 4) is 0 Å². The number of anilines is 1. The first-order valence-electron chi connectivity index (χ1n) is 10.7. The fourth-order valence-corrected chi connectivity index (χ4v) is 3.96. The Morgan fingerprint density at radius 1 is 1.25 bits per heavy atom. The molecule has 3 heterocycles. The average Bonchev–Trinajstić information content (AvgIpc) is 3.40. The number of carbonyl (C=O) groups is 1. The maximum atomic E-state index is 13.1. The Labute approximate surface area is 185 Å². The molecule has 32 heavy (non-hydrogen) atoms. The molecule has 2 aromatic heterocycles. The second kappa shape index (κ2) is 8.39. The Morgan fingerprint density at radius 3 is 2.81 bits per heavy atom. The van der Waals surface area contributed by atoms with Crippen LogP contribution in [0.4, 0.5) is 5.82 Å². The van der Waals surface area contributed by atoms with Crippen LogP contribution in [-0.4, -0.2) is 46.0 Å². The van der Waals surface area contributed by atoms with Gasteiger partial charge in [0.2, 0.25) is 0 Å². The second-order valence-corrected chi connectivity index (χ2v) is 7.96. The number of nitrogens with two attached hydrogens (primary N) is 1. The van der Waals surface area contributed by atoms with E-state index >= 15 is 0 Å². The van der Waals surface area contributed by atoms with Crippen molar-refractivity contribution in [3.05, 3.63) is 65.2 Å². The molecule has 4 aromatic rings. The smallest absolute Gasteiger partial charge is 0.257 e. The molecule has 0 spiro atoms. The highest BCUT2D eigenvalue weighted by atomic mass is 16.5. The van der Waals surface area contributed by atoms with Crippen LogP contribution in [0.15, 0.2) is 53.6 Å². The summed E-state index contributed by atoms with van der Waals surface area (Å²) in [5, 5.41) is 7.49. The number of benzene rings is 2. The number of nitrogen functional groups attached to an aromatic ring is 1. The molecule has 0 saturated carbocycles. The number of ether oxygens (including phenoxy) is 1. The van der Waals surface area contributed by atoms with Crippen molar-refractivity contribution >= 4 is 40.1 Å². The fourth-order valence-electron chi connectivity index (χ4n) is 3.96. The number of nitrogens with zero attached hydrogens (tertiary/aromatic N) is 4. The molecule has 8 heteroatoms. The van der Waals surface area contributed by atoms with E-state index in [1.807, 2.05) is 55.5 Å². The van der Waals surface area contributed by atoms with Gasteiger partial charge in [0.1, 0.15) is 16.9 Å². The number of aromatic nitrogens is 3. The number of hydrogen-bond donors (Lipinski definition) is 2. The van der Waals surface area contributed by atoms with E-state index in [0.29, 0.717) is 28.7 Å². The summed E-state index contributed by atoms with van der Waals surface area (Å²) in [6.07, 6.45) is 3.67. The van der Waals surface area contributed by atoms with Gasteiger partial charge >= 0.3 is 0 Å². The van der Waals surface area contributed by atoms with E-state index in [4.69, 9.17) is 20.4 Å². The fraction of sp³-hybridized carbons (Fsp3) is 0.250. The highest BCUT2D eigenvalue weighted by Crippen LogP contribution is 2.28. The summed E-state index contributed by atoms with van der Waals surface area (Å²) < 4.78 is 7.10. The van der Waals surface area contributed by atoms with Gasteiger partial charge in [0, 0.05) is 13.2 Å². The van der Waals surface area contributed by atoms with Crippen molar-refractivity contribution in [2.24, 2.45) is 5.10 Å². The molecule has 1 saturated heterocycles. The third-order valence-electron chi connectivity index (χ3n) is 5.58. The van der Waals surface area contributed by atoms with E-state index in [0.717, 1.165) is 30.6 Å². The van der Waals surface area contributed by atoms with Crippen LogP contribution in [-0.2, 0) is 4.74 Å². The lowest BCUT2D eigenvalue weighted by Crippen LogP contribution is -2.32. The Kier molecular flexibility index (Phi) is 5.28. The predicted molar refractivity (Wildman–Crippen MR) is 125 cm³/mol. The molecule has 0 radical (unpaired) electrons. The first-order chi connectivity index (χ1) is 15.6. The van der Waals surface area contributed by atoms with Crippen LogP contribution in [0, 0.1) is 6.92 Å². The molecular formula is C24H24N6O2. The van der Waals surface area contributed by atoms with Crippen molar-refractivity contribution in [1.82, 2.24) is 20.0 Å². The van der Waals surface area contributed by atoms with Gasteiger partial charge in [-0.25, -0.2) is 9.97 Å². The zero-order chi connectivity index (χ0) is 22.1. The molecule has 1 aliphatic heterocycles. The molecule has 2 aromatic carbocycles. The summed E-state index contributed by atoms with van der Waals surface area (Å²) in [4.78, 5) is 22.5. The van der Waals surface area contributed by atoms with Gasteiger partial charge in [0.15, 0.2) is 5.65 Å². The Bertz CT molecular complexity index is 1340. The molecule has 1 fully saturated rings. The summed E-state index contributed by atoms with van der Waals surface area (Å²) in [5.74, 6) is -0.110. The normalized spacial score (nSPS) is 16.3. The average molecular weight is 428 g/mol. The highest BCUT2D eigenvalue weighted by Gasteiger charge is 2.25. The molecule has 5 rings (SSSR count). The van der Waals surface area contributed by atoms with E-state index in [2.05, 4.69) is 10.4 Å². The Morgan fingerprint density at radius 2 is 2.06 bits per heavy atom. The largest absolute Gasteiger partial charge is 0.383 e. The van der Waals surface area contributed by atoms with Crippen molar-refractivity contribution < 1.29 is 9.53 Å². The van der Waals surface area contributed by atoms with Crippen molar-refractivity contribution in [2.45, 2.75) is 25.9 Å². The maximum absolute atomic E-state index is 13.1. The van der Waals surface area contributed by atoms with Gasteiger partial charge in [0.05, 0.1) is 23.4 Å². The molecule has 8 nitrogen and oxygen atoms in total. The van der Waals surface area contributed by atoms with Crippen LogP contribution in [0.1, 0.15) is 34.3 Å². The first-order valence-corrected chi connectivity index (χ1v) is 10.7. The zero-order valence-corrected chi connectivity index (χ0v) is 17.8. The quantitative estimate of drug-likeness (QED) is 0.475. The molecular weight excluding hydrogens is 404 g/mol. The summed E-state index contributed by atoms with van der Waals surface area (Å²) in [5.41, 5.74) is 11.0. The van der Waals surface area contributed by atoms with E-state index < -0.39 is 0 Å². The minimum absolute atomic E-state index is 0.0276. The monoisotopic (exact) mass is 428 g/mol. The summed E-state index contributed by atoms with van der Waals surface area (Å²) >= 11 is 0. The van der Waals surface area contributed by atoms with E-state index in [-0.39, 0.29) is 23.4 Å². The Balaban J connectivity index is 1.59. The SMILES string of the molecule is Cc1cccc(/C=N\n2c(N)c(C(=O)NC[C@H]3CCCO3)c3nc4ccccc4nc32)c1. The number of aryl methyl sites for hydroxylation is 1. The lowest BCUT2D eigenvalue weighted by molar-refractivity contribution is 0.0859. The molecule has 0 unspecified atom stereocenters. The summed E-state index contributed by atoms with van der Waals surface area (Å²) in [6.45, 7) is 3.18. The molecule has 0 bridgehead atoms. The number of fused-ring (bicyclic) bond motifs is 2. The topological polar surface area (TPSA) is 107 Å². The van der Waals surface area contributed by atoms with Crippen LogP contribution in [0.2, 0.25) is 0 Å². The van der Waals surface area contributed by atoms with E-state index in [1.54, 1.807) is 6.21 Å². The minimum atomic E-state index is -0.308. The van der Waals surface area contributed by atoms with Crippen molar-refractivity contribution in [3.63, 3.8) is 0 Å². The lowest BCUT2D eigenvalue weighted by Gasteiger charge is -2.10. The van der Waals surface area contributed by atoms with E-state index in [9.17, 15) is 4.79 Å². The second-order valence-electron chi connectivity index (χ2n) is 7.96. The number of para-hydroxylation sites is 2. The predicted octanol–water partition coefficient (Wildman–Crippen LogP) is 3.27. The van der Waals surface area contributed by atoms with Gasteiger partial charge in [-0.15, -0.1) is 0 Å². The van der Waals surface area contributed by atoms with Crippen LogP contribution in [0.25, 0.3) is 22.2 Å². The van der Waals surface area contributed by atoms with Gasteiger partial charge in [-0.05, 0) is 37.5 Å². The molecule has 3 N–H and O–H groups in total. The van der Waals surface area contributed by atoms with Crippen molar-refractivity contribution in [2.75, 3.05) is 18.9 Å². The summed E-state index contributed by atoms with van der Waals surface area (Å²) in [6, 6.07) is 15.5. The number of nitrogens with one attached hydrogen (secondary N) is 1. The zero-order valence-electron chi connectivity index (χ0n) is 17.8. The Hall–Kier alpha value is -3.78. The lowest BCUT2D eigenvalue weighted by atomic mass is 10.2. The van der Waals surface area contributed by atoms with Crippen LogP contribution in [0.5, 0.6) is 0 Å². The number of carbonyl (C=O) groups excluding carboxylic acids is 1. The van der Waals surface area contributed by atoms with Gasteiger partial charge < -0.3 is 15.8 Å². The third-order valence-corrected chi connectivity index (χ3v) is 5.58. The summed E-state index contributed by atoms with van der Waals surface area (Å²) in [7, 11) is 0. The number of rotatable bonds is 5. The van der Waals surface area contributed by atoms with Gasteiger partial charge in [-0.2, -0.15) is 9.78 Å². The van der Waals surface area contributed by atoms with Gasteiger partial charge in [-0.1, -0.05) is 42.0 Å². The third kappa shape index (κ3) is 3.80. The standard InChI is InChI=1S/C24H24N6O2/c1-15-6-4-7-16(12-15)13-27-30-22(25)20(24(31)26-14-17-8-5-11-32-17)21-23(30)29-19-10-3-2-9-18(19)28-21/h2-4,6-7,9-10,12-13,17H,5,8,11,14,25H2,1H3,(H,26,31)/b27-13-/t17-/m1/s1. The molecule has 0 aliphatic carbocycles. The van der Waals surface area contributed by atoms with Gasteiger partial charge in [-0.3, -0.25) is 4.79 Å². The van der Waals surface area contributed by atoms with E-state index in [1.165, 1.54) is 4.68 Å². The maximum Gasteiger partial charge on any atom is 0.257 e. The number of hydrogen-bond acceptors (Lipinski definition) is 6. The molecule has 162 valence electrons. The van der Waals surface area contributed by atoms with Crippen LogP contribution in [0.3, 0.4) is 0 Å². The molecule has 1 atom stereocenters. The van der Waals surface area contributed by atoms with Gasteiger partial charge in [0.25, 0.3) is 5.91 Å². The number of amides is 1. The minimum Gasteiger partial charge on any atom is -0.383 e. The van der Waals surface area contributed by atoms with Crippen molar-refractivity contribution in [1.29, 1.82) is 0 Å². The molecule has 1 aliphatic rings. The molecule has 1 amide bonds.